The number of hydrogen-bond donors (Lipinski definition) is 1. The Morgan fingerprint density at radius 2 is 1.75 bits per heavy atom. The van der Waals surface area contributed by atoms with Crippen molar-refractivity contribution in [3.63, 3.8) is 0 Å². The molecule has 4 rings (SSSR count). The normalized spacial score (nSPS) is 13.3. The molecule has 1 N–H and O–H groups in total. The molecule has 0 saturated heterocycles. The number of aryl methyl sites for hydroxylation is 3. The summed E-state index contributed by atoms with van der Waals surface area (Å²) in [6.45, 7) is 5.86. The quantitative estimate of drug-likeness (QED) is 0.639. The van der Waals surface area contributed by atoms with Gasteiger partial charge in [0.1, 0.15) is 12.2 Å². The van der Waals surface area contributed by atoms with Gasteiger partial charge in [-0.05, 0) is 54.7 Å². The van der Waals surface area contributed by atoms with Gasteiger partial charge in [-0.15, -0.1) is 0 Å². The maximum absolute atomic E-state index is 13.2. The molecule has 0 spiro atoms. The molecular weight excluding hydrogens is 400 g/mol. The van der Waals surface area contributed by atoms with Crippen LogP contribution in [0.25, 0.3) is 0 Å². The number of aromatic nitrogens is 1. The van der Waals surface area contributed by atoms with E-state index in [2.05, 4.69) is 17.2 Å². The van der Waals surface area contributed by atoms with Gasteiger partial charge in [-0.25, -0.2) is 9.98 Å². The van der Waals surface area contributed by atoms with Crippen LogP contribution in [-0.4, -0.2) is 29.1 Å². The number of aliphatic imine (C=N–C) groups is 1. The van der Waals surface area contributed by atoms with E-state index in [1.807, 2.05) is 62.4 Å². The fourth-order valence-electron chi connectivity index (χ4n) is 3.82. The van der Waals surface area contributed by atoms with Gasteiger partial charge >= 0.3 is 0 Å². The molecule has 2 heterocycles. The highest BCUT2D eigenvalue weighted by Crippen LogP contribution is 2.31. The van der Waals surface area contributed by atoms with E-state index in [4.69, 9.17) is 4.99 Å². The number of nitrogens with zero attached hydrogens (tertiary/aromatic N) is 3. The van der Waals surface area contributed by atoms with E-state index >= 15 is 0 Å². The molecule has 0 aliphatic carbocycles. The Bertz CT molecular complexity index is 1180. The molecule has 2 amide bonds. The van der Waals surface area contributed by atoms with Gasteiger partial charge in [0.2, 0.25) is 11.8 Å². The zero-order valence-corrected chi connectivity index (χ0v) is 18.6. The van der Waals surface area contributed by atoms with Crippen LogP contribution in [0, 0.1) is 13.8 Å². The number of fused-ring (bicyclic) bond motifs is 1. The molecule has 1 aliphatic heterocycles. The number of amides is 2. The smallest absolute Gasteiger partial charge is 0.244 e. The SMILES string of the molecule is CCc1ccc(C2=Nc3cccnc3N(CC(=O)Nc3c(C)cccc3C)C(=O)C2)cc1. The van der Waals surface area contributed by atoms with Crippen LogP contribution in [0.3, 0.4) is 0 Å². The summed E-state index contributed by atoms with van der Waals surface area (Å²) in [5, 5.41) is 2.96. The van der Waals surface area contributed by atoms with Crippen LogP contribution in [0.5, 0.6) is 0 Å². The van der Waals surface area contributed by atoms with E-state index in [-0.39, 0.29) is 24.8 Å². The van der Waals surface area contributed by atoms with E-state index in [1.54, 1.807) is 12.3 Å². The van der Waals surface area contributed by atoms with Gasteiger partial charge in [-0.3, -0.25) is 14.5 Å². The Labute approximate surface area is 188 Å². The maximum Gasteiger partial charge on any atom is 0.244 e. The molecule has 0 atom stereocenters. The lowest BCUT2D eigenvalue weighted by molar-refractivity contribution is -0.120. The van der Waals surface area contributed by atoms with Gasteiger partial charge in [0.05, 0.1) is 12.1 Å². The first-order valence-electron chi connectivity index (χ1n) is 10.7. The minimum atomic E-state index is -0.275. The lowest BCUT2D eigenvalue weighted by atomic mass is 10.0. The lowest BCUT2D eigenvalue weighted by Crippen LogP contribution is -2.39. The maximum atomic E-state index is 13.2. The zero-order valence-electron chi connectivity index (χ0n) is 18.6. The van der Waals surface area contributed by atoms with Crippen molar-refractivity contribution in [3.8, 4) is 0 Å². The van der Waals surface area contributed by atoms with Gasteiger partial charge in [-0.2, -0.15) is 0 Å². The van der Waals surface area contributed by atoms with Gasteiger partial charge in [0.25, 0.3) is 0 Å². The molecule has 1 aliphatic rings. The second-order valence-corrected chi connectivity index (χ2v) is 7.93. The van der Waals surface area contributed by atoms with Crippen LogP contribution in [-0.2, 0) is 16.0 Å². The number of para-hydroxylation sites is 1. The van der Waals surface area contributed by atoms with Crippen LogP contribution in [0.2, 0.25) is 0 Å². The fourth-order valence-corrected chi connectivity index (χ4v) is 3.82. The molecular formula is C26H26N4O2. The van der Waals surface area contributed by atoms with Crippen LogP contribution in [0.4, 0.5) is 17.2 Å². The Hall–Kier alpha value is -3.80. The number of hydrogen-bond acceptors (Lipinski definition) is 4. The summed E-state index contributed by atoms with van der Waals surface area (Å²) >= 11 is 0. The molecule has 0 radical (unpaired) electrons. The molecule has 2 aromatic carbocycles. The third-order valence-electron chi connectivity index (χ3n) is 5.64. The molecule has 6 nitrogen and oxygen atoms in total. The average molecular weight is 427 g/mol. The first kappa shape index (κ1) is 21.4. The van der Waals surface area contributed by atoms with Crippen molar-refractivity contribution < 1.29 is 9.59 Å². The highest BCUT2D eigenvalue weighted by molar-refractivity contribution is 6.18. The van der Waals surface area contributed by atoms with Crippen molar-refractivity contribution in [3.05, 3.63) is 83.0 Å². The lowest BCUT2D eigenvalue weighted by Gasteiger charge is -2.21. The van der Waals surface area contributed by atoms with E-state index in [0.29, 0.717) is 17.2 Å². The van der Waals surface area contributed by atoms with Crippen molar-refractivity contribution in [2.45, 2.75) is 33.6 Å². The molecule has 0 unspecified atom stereocenters. The van der Waals surface area contributed by atoms with E-state index in [0.717, 1.165) is 28.8 Å². The summed E-state index contributed by atoms with van der Waals surface area (Å²) < 4.78 is 0. The monoisotopic (exact) mass is 426 g/mol. The molecule has 0 saturated carbocycles. The van der Waals surface area contributed by atoms with Crippen molar-refractivity contribution in [2.75, 3.05) is 16.8 Å². The van der Waals surface area contributed by atoms with Crippen LogP contribution in [0.15, 0.2) is 65.8 Å². The molecule has 3 aromatic rings. The van der Waals surface area contributed by atoms with Gasteiger partial charge in [0, 0.05) is 11.9 Å². The number of benzene rings is 2. The fraction of sp³-hybridized carbons (Fsp3) is 0.231. The second kappa shape index (κ2) is 9.14. The van der Waals surface area contributed by atoms with Crippen LogP contribution < -0.4 is 10.2 Å². The summed E-state index contributed by atoms with van der Waals surface area (Å²) in [4.78, 5) is 36.7. The number of nitrogens with one attached hydrogen (secondary N) is 1. The Balaban J connectivity index is 1.61. The third-order valence-corrected chi connectivity index (χ3v) is 5.64. The zero-order chi connectivity index (χ0) is 22.7. The van der Waals surface area contributed by atoms with E-state index < -0.39 is 0 Å². The van der Waals surface area contributed by atoms with Crippen LogP contribution >= 0.6 is 0 Å². The van der Waals surface area contributed by atoms with Crippen molar-refractivity contribution >= 4 is 34.7 Å². The first-order chi connectivity index (χ1) is 15.5. The second-order valence-electron chi connectivity index (χ2n) is 7.93. The van der Waals surface area contributed by atoms with Crippen molar-refractivity contribution in [1.29, 1.82) is 0 Å². The molecule has 162 valence electrons. The van der Waals surface area contributed by atoms with E-state index in [9.17, 15) is 9.59 Å². The van der Waals surface area contributed by atoms with E-state index in [1.165, 1.54) is 10.5 Å². The third kappa shape index (κ3) is 4.44. The topological polar surface area (TPSA) is 74.7 Å². The number of pyridine rings is 1. The summed E-state index contributed by atoms with van der Waals surface area (Å²) in [5.74, 6) is -0.0881. The van der Waals surface area contributed by atoms with Gasteiger partial charge < -0.3 is 5.32 Å². The number of carbonyl (C=O) groups excluding carboxylic acids is 2. The van der Waals surface area contributed by atoms with Crippen LogP contribution in [0.1, 0.15) is 35.6 Å². The summed E-state index contributed by atoms with van der Waals surface area (Å²) in [6, 6.07) is 17.5. The molecule has 0 fully saturated rings. The Morgan fingerprint density at radius 3 is 2.44 bits per heavy atom. The first-order valence-corrected chi connectivity index (χ1v) is 10.7. The minimum absolute atomic E-state index is 0.0957. The van der Waals surface area contributed by atoms with Gasteiger partial charge in [-0.1, -0.05) is 49.4 Å². The van der Waals surface area contributed by atoms with Crippen molar-refractivity contribution in [2.24, 2.45) is 4.99 Å². The largest absolute Gasteiger partial charge is 0.324 e. The minimum Gasteiger partial charge on any atom is -0.324 e. The summed E-state index contributed by atoms with van der Waals surface area (Å²) in [6.07, 6.45) is 2.65. The number of rotatable bonds is 5. The standard InChI is InChI=1S/C26H26N4O2/c1-4-19-10-12-20(13-11-19)22-15-24(32)30(26-21(28-22)9-6-14-27-26)16-23(31)29-25-17(2)7-5-8-18(25)3/h5-14H,4,15-16H2,1-3H3,(H,29,31). The molecule has 1 aromatic heterocycles. The molecule has 32 heavy (non-hydrogen) atoms. The summed E-state index contributed by atoms with van der Waals surface area (Å²) in [7, 11) is 0. The predicted octanol–water partition coefficient (Wildman–Crippen LogP) is 4.76. The van der Waals surface area contributed by atoms with Gasteiger partial charge in [0.15, 0.2) is 5.82 Å². The number of carbonyl (C=O) groups is 2. The average Bonchev–Trinajstić information content (AvgIpc) is 2.93. The summed E-state index contributed by atoms with van der Waals surface area (Å²) in [5.41, 5.74) is 6.08. The number of anilines is 2. The Morgan fingerprint density at radius 1 is 1.03 bits per heavy atom. The van der Waals surface area contributed by atoms with Crippen molar-refractivity contribution in [1.82, 2.24) is 4.98 Å². The Kier molecular flexibility index (Phi) is 6.12. The highest BCUT2D eigenvalue weighted by Gasteiger charge is 2.28. The highest BCUT2D eigenvalue weighted by atomic mass is 16.2. The molecule has 0 bridgehead atoms. The predicted molar refractivity (Wildman–Crippen MR) is 128 cm³/mol. The molecule has 6 heteroatoms.